The molecule has 0 atom stereocenters. The first-order valence-electron chi connectivity index (χ1n) is 8.18. The van der Waals surface area contributed by atoms with Crippen molar-refractivity contribution < 1.29 is 0 Å². The zero-order chi connectivity index (χ0) is 15.8. The molecule has 0 aliphatic rings. The summed E-state index contributed by atoms with van der Waals surface area (Å²) in [6.45, 7) is 0. The van der Waals surface area contributed by atoms with Gasteiger partial charge in [-0.25, -0.2) is 0 Å². The lowest BCUT2D eigenvalue weighted by molar-refractivity contribution is 1.81. The van der Waals surface area contributed by atoms with E-state index in [1.165, 1.54) is 21.5 Å². The van der Waals surface area contributed by atoms with Crippen LogP contribution in [0, 0.1) is 0 Å². The Bertz CT molecular complexity index is 1460. The van der Waals surface area contributed by atoms with E-state index in [1.807, 2.05) is 24.3 Å². The molecule has 0 aliphatic carbocycles. The standard InChI is InChI=1S/C23H12O/c24-23-18-11-5-10-17-15-8-3-4-9-16(15)19-12-13-6-1-2-7-14(13)22(23)21(19)20(17)18/h1-12H. The third-order valence-corrected chi connectivity index (χ3v) is 5.34. The molecule has 0 spiro atoms. The van der Waals surface area contributed by atoms with Gasteiger partial charge in [-0.15, -0.1) is 0 Å². The molecule has 24 heavy (non-hydrogen) atoms. The van der Waals surface area contributed by atoms with Crippen molar-refractivity contribution in [1.29, 1.82) is 0 Å². The van der Waals surface area contributed by atoms with Gasteiger partial charge in [0, 0.05) is 21.5 Å². The molecule has 110 valence electrons. The van der Waals surface area contributed by atoms with Gasteiger partial charge in [-0.2, -0.15) is 0 Å². The van der Waals surface area contributed by atoms with E-state index in [4.69, 9.17) is 0 Å². The Hall–Kier alpha value is -3.19. The first-order valence-corrected chi connectivity index (χ1v) is 8.18. The molecule has 0 aromatic heterocycles. The fraction of sp³-hybridized carbons (Fsp3) is 0. The van der Waals surface area contributed by atoms with Gasteiger partial charge in [-0.05, 0) is 38.4 Å². The monoisotopic (exact) mass is 304 g/mol. The van der Waals surface area contributed by atoms with Gasteiger partial charge in [0.1, 0.15) is 0 Å². The van der Waals surface area contributed by atoms with E-state index >= 15 is 0 Å². The van der Waals surface area contributed by atoms with Crippen LogP contribution in [0.25, 0.3) is 53.9 Å². The number of rotatable bonds is 0. The summed E-state index contributed by atoms with van der Waals surface area (Å²) >= 11 is 0. The van der Waals surface area contributed by atoms with E-state index in [0.717, 1.165) is 32.3 Å². The van der Waals surface area contributed by atoms with Crippen LogP contribution < -0.4 is 5.43 Å². The van der Waals surface area contributed by atoms with Crippen LogP contribution in [0.2, 0.25) is 0 Å². The van der Waals surface area contributed by atoms with Gasteiger partial charge >= 0.3 is 0 Å². The van der Waals surface area contributed by atoms with Crippen LogP contribution in [0.4, 0.5) is 0 Å². The van der Waals surface area contributed by atoms with Crippen molar-refractivity contribution >= 4 is 53.9 Å². The Morgan fingerprint density at radius 2 is 1.08 bits per heavy atom. The van der Waals surface area contributed by atoms with Crippen molar-refractivity contribution in [3.05, 3.63) is 83.0 Å². The van der Waals surface area contributed by atoms with Gasteiger partial charge < -0.3 is 0 Å². The van der Waals surface area contributed by atoms with E-state index in [-0.39, 0.29) is 5.43 Å². The molecular weight excluding hydrogens is 292 g/mol. The van der Waals surface area contributed by atoms with E-state index in [2.05, 4.69) is 48.5 Å². The highest BCUT2D eigenvalue weighted by Crippen LogP contribution is 2.42. The number of hydrogen-bond acceptors (Lipinski definition) is 1. The zero-order valence-corrected chi connectivity index (χ0v) is 12.8. The van der Waals surface area contributed by atoms with Crippen molar-refractivity contribution in [1.82, 2.24) is 0 Å². The molecular formula is C23H12O. The normalized spacial score (nSPS) is 12.3. The van der Waals surface area contributed by atoms with E-state index in [0.29, 0.717) is 0 Å². The topological polar surface area (TPSA) is 17.1 Å². The van der Waals surface area contributed by atoms with E-state index in [1.54, 1.807) is 0 Å². The maximum atomic E-state index is 13.2. The third-order valence-electron chi connectivity index (χ3n) is 5.34. The average molecular weight is 304 g/mol. The van der Waals surface area contributed by atoms with Crippen molar-refractivity contribution in [3.8, 4) is 0 Å². The lowest BCUT2D eigenvalue weighted by Gasteiger charge is -2.10. The number of fused-ring (bicyclic) bond motifs is 5. The highest BCUT2D eigenvalue weighted by molar-refractivity contribution is 6.38. The van der Waals surface area contributed by atoms with Gasteiger partial charge in [0.05, 0.1) is 0 Å². The third kappa shape index (κ3) is 1.26. The van der Waals surface area contributed by atoms with Gasteiger partial charge in [0.2, 0.25) is 0 Å². The molecule has 1 heteroatoms. The summed E-state index contributed by atoms with van der Waals surface area (Å²) < 4.78 is 0. The smallest absolute Gasteiger partial charge is 0.194 e. The Morgan fingerprint density at radius 1 is 0.458 bits per heavy atom. The van der Waals surface area contributed by atoms with Crippen LogP contribution in [0.15, 0.2) is 77.6 Å². The highest BCUT2D eigenvalue weighted by Gasteiger charge is 2.19. The molecule has 0 fully saturated rings. The van der Waals surface area contributed by atoms with Gasteiger partial charge in [0.25, 0.3) is 0 Å². The van der Waals surface area contributed by atoms with Crippen molar-refractivity contribution in [2.24, 2.45) is 0 Å². The molecule has 6 aromatic carbocycles. The second kappa shape index (κ2) is 4.01. The maximum Gasteiger partial charge on any atom is 0.194 e. The zero-order valence-electron chi connectivity index (χ0n) is 12.8. The summed E-state index contributed by atoms with van der Waals surface area (Å²) in [6.07, 6.45) is 0. The fourth-order valence-corrected chi connectivity index (χ4v) is 4.38. The molecule has 0 aliphatic heterocycles. The molecule has 0 radical (unpaired) electrons. The van der Waals surface area contributed by atoms with Crippen LogP contribution in [-0.4, -0.2) is 0 Å². The molecule has 0 amide bonds. The van der Waals surface area contributed by atoms with E-state index in [9.17, 15) is 4.79 Å². The summed E-state index contributed by atoms with van der Waals surface area (Å²) in [5.41, 5.74) is 0.160. The molecule has 0 saturated heterocycles. The quantitative estimate of drug-likeness (QED) is 0.260. The molecule has 0 heterocycles. The van der Waals surface area contributed by atoms with Crippen LogP contribution in [0.1, 0.15) is 0 Å². The van der Waals surface area contributed by atoms with Crippen LogP contribution in [-0.2, 0) is 0 Å². The molecule has 6 rings (SSSR count). The predicted octanol–water partition coefficient (Wildman–Crippen LogP) is 5.69. The fourth-order valence-electron chi connectivity index (χ4n) is 4.38. The molecule has 0 bridgehead atoms. The first kappa shape index (κ1) is 12.3. The van der Waals surface area contributed by atoms with E-state index < -0.39 is 0 Å². The van der Waals surface area contributed by atoms with Crippen LogP contribution >= 0.6 is 0 Å². The molecule has 6 aromatic rings. The highest BCUT2D eigenvalue weighted by atomic mass is 16.1. The van der Waals surface area contributed by atoms with Gasteiger partial charge in [-0.1, -0.05) is 66.7 Å². The summed E-state index contributed by atoms with van der Waals surface area (Å²) in [7, 11) is 0. The summed E-state index contributed by atoms with van der Waals surface area (Å²) in [4.78, 5) is 13.2. The lowest BCUT2D eigenvalue weighted by Crippen LogP contribution is -1.94. The average Bonchev–Trinajstić information content (AvgIpc) is 2.95. The Balaban J connectivity index is 2.18. The second-order valence-electron chi connectivity index (χ2n) is 6.50. The first-order chi connectivity index (χ1) is 11.8. The Labute approximate surface area is 137 Å². The minimum absolute atomic E-state index is 0.160. The molecule has 0 unspecified atom stereocenters. The summed E-state index contributed by atoms with van der Waals surface area (Å²) in [5.74, 6) is 0. The Kier molecular flexibility index (Phi) is 2.05. The summed E-state index contributed by atoms with van der Waals surface area (Å²) in [6, 6.07) is 25.0. The Morgan fingerprint density at radius 3 is 1.92 bits per heavy atom. The predicted molar refractivity (Wildman–Crippen MR) is 103 cm³/mol. The number of benzene rings is 5. The van der Waals surface area contributed by atoms with Gasteiger partial charge in [-0.3, -0.25) is 4.79 Å². The van der Waals surface area contributed by atoms with Crippen LogP contribution in [0.5, 0.6) is 0 Å². The van der Waals surface area contributed by atoms with Crippen LogP contribution in [0.3, 0.4) is 0 Å². The minimum Gasteiger partial charge on any atom is -0.289 e. The van der Waals surface area contributed by atoms with Crippen molar-refractivity contribution in [2.45, 2.75) is 0 Å². The second-order valence-corrected chi connectivity index (χ2v) is 6.50. The SMILES string of the molecule is O=c1c2cccc3c4ccccc4c4cc5ccccc5c1c4c23. The molecule has 0 N–H and O–H groups in total. The maximum absolute atomic E-state index is 13.2. The lowest BCUT2D eigenvalue weighted by atomic mass is 9.92. The molecule has 0 saturated carbocycles. The largest absolute Gasteiger partial charge is 0.289 e. The van der Waals surface area contributed by atoms with Crippen molar-refractivity contribution in [3.63, 3.8) is 0 Å². The molecule has 1 nitrogen and oxygen atoms in total. The van der Waals surface area contributed by atoms with Crippen molar-refractivity contribution in [2.75, 3.05) is 0 Å². The van der Waals surface area contributed by atoms with Gasteiger partial charge in [0.15, 0.2) is 5.43 Å². The number of hydrogen-bond donors (Lipinski definition) is 0. The summed E-state index contributed by atoms with van der Waals surface area (Å²) in [5, 5.41) is 11.0. The minimum atomic E-state index is 0.160.